The summed E-state index contributed by atoms with van der Waals surface area (Å²) in [5.74, 6) is -0.879. The number of methoxy groups -OCH3 is 1. The molecule has 2 aromatic carbocycles. The summed E-state index contributed by atoms with van der Waals surface area (Å²) in [7, 11) is 1.38. The van der Waals surface area contributed by atoms with Crippen LogP contribution in [-0.2, 0) is 0 Å². The molecule has 1 amide bonds. The molecule has 0 radical (unpaired) electrons. The molecule has 19 heavy (non-hydrogen) atoms. The molecule has 2 N–H and O–H groups in total. The van der Waals surface area contributed by atoms with E-state index in [2.05, 4.69) is 5.32 Å². The first-order valence-electron chi connectivity index (χ1n) is 5.54. The van der Waals surface area contributed by atoms with Crippen LogP contribution in [0.25, 0.3) is 0 Å². The number of carbonyl (C=O) groups excluding carboxylic acids is 1. The minimum atomic E-state index is -0.512. The predicted octanol–water partition coefficient (Wildman–Crippen LogP) is 2.79. The van der Waals surface area contributed by atoms with Gasteiger partial charge in [0.2, 0.25) is 0 Å². The average molecular weight is 261 g/mol. The molecule has 2 aromatic rings. The fourth-order valence-corrected chi connectivity index (χ4v) is 1.58. The number of benzene rings is 2. The summed E-state index contributed by atoms with van der Waals surface area (Å²) >= 11 is 0. The zero-order valence-corrected chi connectivity index (χ0v) is 10.2. The van der Waals surface area contributed by atoms with Crippen molar-refractivity contribution in [3.63, 3.8) is 0 Å². The summed E-state index contributed by atoms with van der Waals surface area (Å²) in [5.41, 5.74) is 0.359. The Morgan fingerprint density at radius 2 is 2.00 bits per heavy atom. The van der Waals surface area contributed by atoms with E-state index in [1.54, 1.807) is 6.07 Å². The Morgan fingerprint density at radius 1 is 1.26 bits per heavy atom. The summed E-state index contributed by atoms with van der Waals surface area (Å²) in [6.45, 7) is 0. The van der Waals surface area contributed by atoms with Crippen molar-refractivity contribution in [1.82, 2.24) is 0 Å². The number of rotatable bonds is 3. The molecule has 2 rings (SSSR count). The maximum absolute atomic E-state index is 13.4. The number of carbonyl (C=O) groups is 1. The third-order valence-corrected chi connectivity index (χ3v) is 2.56. The van der Waals surface area contributed by atoms with E-state index in [-0.39, 0.29) is 22.7 Å². The Kier molecular flexibility index (Phi) is 3.66. The highest BCUT2D eigenvalue weighted by molar-refractivity contribution is 6.04. The van der Waals surface area contributed by atoms with Crippen molar-refractivity contribution >= 4 is 11.6 Å². The van der Waals surface area contributed by atoms with E-state index in [0.29, 0.717) is 0 Å². The Balaban J connectivity index is 2.23. The second-order valence-corrected chi connectivity index (χ2v) is 3.82. The number of anilines is 1. The van der Waals surface area contributed by atoms with Crippen molar-refractivity contribution in [2.75, 3.05) is 12.4 Å². The van der Waals surface area contributed by atoms with Crippen LogP contribution in [0.5, 0.6) is 11.5 Å². The van der Waals surface area contributed by atoms with Gasteiger partial charge in [-0.25, -0.2) is 4.39 Å². The highest BCUT2D eigenvalue weighted by Gasteiger charge is 2.11. The summed E-state index contributed by atoms with van der Waals surface area (Å²) in [4.78, 5) is 11.9. The van der Waals surface area contributed by atoms with Gasteiger partial charge in [-0.2, -0.15) is 0 Å². The van der Waals surface area contributed by atoms with Gasteiger partial charge in [-0.15, -0.1) is 0 Å². The summed E-state index contributed by atoms with van der Waals surface area (Å²) in [5, 5.41) is 11.9. The fourth-order valence-electron chi connectivity index (χ4n) is 1.58. The largest absolute Gasteiger partial charge is 0.504 e. The molecule has 0 saturated heterocycles. The van der Waals surface area contributed by atoms with Crippen LogP contribution in [0.1, 0.15) is 10.4 Å². The Bertz CT molecular complexity index is 613. The molecule has 98 valence electrons. The molecule has 0 fully saturated rings. The number of hydrogen-bond acceptors (Lipinski definition) is 3. The molecule has 4 nitrogen and oxygen atoms in total. The number of phenolic OH excluding ortho intramolecular Hbond substituents is 1. The Hall–Kier alpha value is -2.56. The first kappa shape index (κ1) is 12.9. The first-order chi connectivity index (χ1) is 9.11. The number of halogens is 1. The normalized spacial score (nSPS) is 10.0. The lowest BCUT2D eigenvalue weighted by atomic mass is 10.2. The third kappa shape index (κ3) is 2.82. The minimum Gasteiger partial charge on any atom is -0.504 e. The van der Waals surface area contributed by atoms with E-state index in [1.165, 1.54) is 43.5 Å². The molecule has 0 spiro atoms. The van der Waals surface area contributed by atoms with E-state index in [4.69, 9.17) is 4.74 Å². The second-order valence-electron chi connectivity index (χ2n) is 3.82. The van der Waals surface area contributed by atoms with Gasteiger partial charge in [-0.3, -0.25) is 4.79 Å². The van der Waals surface area contributed by atoms with Crippen LogP contribution in [0.2, 0.25) is 0 Å². The van der Waals surface area contributed by atoms with Crippen molar-refractivity contribution in [2.24, 2.45) is 0 Å². The van der Waals surface area contributed by atoms with Crippen LogP contribution in [-0.4, -0.2) is 18.1 Å². The van der Waals surface area contributed by atoms with Crippen LogP contribution in [0.3, 0.4) is 0 Å². The molecular formula is C14H12FNO3. The molecule has 5 heteroatoms. The quantitative estimate of drug-likeness (QED) is 0.893. The standard InChI is InChI=1S/C14H12FNO3/c1-19-13-8-9(6-7-12(13)17)14(18)16-11-5-3-2-4-10(11)15/h2-8,17H,1H3,(H,16,18). The minimum absolute atomic E-state index is 0.0649. The first-order valence-corrected chi connectivity index (χ1v) is 5.54. The topological polar surface area (TPSA) is 58.6 Å². The van der Waals surface area contributed by atoms with E-state index < -0.39 is 11.7 Å². The molecule has 0 unspecified atom stereocenters. The van der Waals surface area contributed by atoms with Gasteiger partial charge in [0.05, 0.1) is 12.8 Å². The number of hydrogen-bond donors (Lipinski definition) is 2. The van der Waals surface area contributed by atoms with Crippen LogP contribution in [0.15, 0.2) is 42.5 Å². The van der Waals surface area contributed by atoms with Gasteiger partial charge in [0, 0.05) is 5.56 Å². The molecule has 0 aliphatic carbocycles. The molecule has 0 saturated carbocycles. The number of nitrogens with one attached hydrogen (secondary N) is 1. The van der Waals surface area contributed by atoms with Crippen LogP contribution in [0, 0.1) is 5.82 Å². The average Bonchev–Trinajstić information content (AvgIpc) is 2.42. The van der Waals surface area contributed by atoms with Gasteiger partial charge in [0.1, 0.15) is 5.82 Å². The number of ether oxygens (including phenoxy) is 1. The van der Waals surface area contributed by atoms with Gasteiger partial charge in [-0.05, 0) is 30.3 Å². The Labute approximate surface area is 109 Å². The molecule has 0 aliphatic heterocycles. The van der Waals surface area contributed by atoms with Crippen LogP contribution in [0.4, 0.5) is 10.1 Å². The lowest BCUT2D eigenvalue weighted by Gasteiger charge is -2.08. The number of aromatic hydroxyl groups is 1. The van der Waals surface area contributed by atoms with Crippen LogP contribution >= 0.6 is 0 Å². The van der Waals surface area contributed by atoms with Crippen LogP contribution < -0.4 is 10.1 Å². The zero-order chi connectivity index (χ0) is 13.8. The molecule has 0 bridgehead atoms. The number of para-hydroxylation sites is 1. The lowest BCUT2D eigenvalue weighted by Crippen LogP contribution is -2.12. The second kappa shape index (κ2) is 5.39. The van der Waals surface area contributed by atoms with Crippen molar-refractivity contribution in [3.05, 3.63) is 53.8 Å². The molecule has 0 atom stereocenters. The lowest BCUT2D eigenvalue weighted by molar-refractivity contribution is 0.102. The maximum Gasteiger partial charge on any atom is 0.255 e. The monoisotopic (exact) mass is 261 g/mol. The van der Waals surface area contributed by atoms with Crippen molar-refractivity contribution in [2.45, 2.75) is 0 Å². The van der Waals surface area contributed by atoms with Gasteiger partial charge in [-0.1, -0.05) is 12.1 Å². The Morgan fingerprint density at radius 3 is 2.68 bits per heavy atom. The van der Waals surface area contributed by atoms with Gasteiger partial charge < -0.3 is 15.2 Å². The van der Waals surface area contributed by atoms with E-state index in [9.17, 15) is 14.3 Å². The summed E-state index contributed by atoms with van der Waals surface area (Å²) in [6.07, 6.45) is 0. The predicted molar refractivity (Wildman–Crippen MR) is 69.0 cm³/mol. The fraction of sp³-hybridized carbons (Fsp3) is 0.0714. The molecular weight excluding hydrogens is 249 g/mol. The van der Waals surface area contributed by atoms with Gasteiger partial charge in [0.15, 0.2) is 11.5 Å². The number of amides is 1. The van der Waals surface area contributed by atoms with Gasteiger partial charge in [0.25, 0.3) is 5.91 Å². The zero-order valence-electron chi connectivity index (χ0n) is 10.2. The van der Waals surface area contributed by atoms with Crippen molar-refractivity contribution < 1.29 is 19.0 Å². The maximum atomic E-state index is 13.4. The SMILES string of the molecule is COc1cc(C(=O)Nc2ccccc2F)ccc1O. The highest BCUT2D eigenvalue weighted by atomic mass is 19.1. The summed E-state index contributed by atoms with van der Waals surface area (Å²) in [6, 6.07) is 10.0. The summed E-state index contributed by atoms with van der Waals surface area (Å²) < 4.78 is 18.3. The van der Waals surface area contributed by atoms with Gasteiger partial charge >= 0.3 is 0 Å². The van der Waals surface area contributed by atoms with Crippen molar-refractivity contribution in [1.29, 1.82) is 0 Å². The smallest absolute Gasteiger partial charge is 0.255 e. The van der Waals surface area contributed by atoms with E-state index in [1.807, 2.05) is 0 Å². The molecule has 0 heterocycles. The van der Waals surface area contributed by atoms with E-state index in [0.717, 1.165) is 0 Å². The molecule has 0 aliphatic rings. The number of phenols is 1. The van der Waals surface area contributed by atoms with E-state index >= 15 is 0 Å². The van der Waals surface area contributed by atoms with Crippen molar-refractivity contribution in [3.8, 4) is 11.5 Å². The third-order valence-electron chi connectivity index (χ3n) is 2.56. The highest BCUT2D eigenvalue weighted by Crippen LogP contribution is 2.26. The molecule has 0 aromatic heterocycles.